The molecule has 0 bridgehead atoms. The average molecular weight is 499 g/mol. The molecule has 2 aromatic rings. The Kier molecular flexibility index (Phi) is 10.8. The highest BCUT2D eigenvalue weighted by atomic mass is 35.5. The Morgan fingerprint density at radius 2 is 1.81 bits per heavy atom. The number of benzene rings is 2. The number of nitrogens with one attached hydrogen (secondary N) is 1. The maximum absolute atomic E-state index is 14.0. The standard InChI is InChI=1S/C24H29Cl2FN2O2S/c1-4-22(24(31)28-12-16(2)3)29(13-17-8-10-18(25)11-9-17)23(30)15-32-14-19-20(26)6-5-7-21(19)27/h5-11,16,22H,4,12-15H2,1-3H3,(H,28,31)/t22-/m1/s1. The highest BCUT2D eigenvalue weighted by molar-refractivity contribution is 7.99. The number of nitrogens with zero attached hydrogens (tertiary/aromatic N) is 1. The van der Waals surface area contributed by atoms with Crippen LogP contribution in [0.2, 0.25) is 10.0 Å². The number of hydrogen-bond donors (Lipinski definition) is 1. The largest absolute Gasteiger partial charge is 0.354 e. The lowest BCUT2D eigenvalue weighted by Gasteiger charge is -2.31. The van der Waals surface area contributed by atoms with E-state index >= 15 is 0 Å². The van der Waals surface area contributed by atoms with Crippen molar-refractivity contribution in [2.24, 2.45) is 5.92 Å². The van der Waals surface area contributed by atoms with Crippen molar-refractivity contribution < 1.29 is 14.0 Å². The van der Waals surface area contributed by atoms with E-state index in [0.29, 0.717) is 34.5 Å². The third kappa shape index (κ3) is 7.98. The van der Waals surface area contributed by atoms with Crippen molar-refractivity contribution in [3.8, 4) is 0 Å². The second kappa shape index (κ2) is 13.1. The molecule has 8 heteroatoms. The lowest BCUT2D eigenvalue weighted by atomic mass is 10.1. The lowest BCUT2D eigenvalue weighted by molar-refractivity contribution is -0.139. The summed E-state index contributed by atoms with van der Waals surface area (Å²) in [4.78, 5) is 27.6. The molecule has 174 valence electrons. The first-order valence-electron chi connectivity index (χ1n) is 10.5. The van der Waals surface area contributed by atoms with E-state index in [2.05, 4.69) is 5.32 Å². The zero-order valence-electron chi connectivity index (χ0n) is 18.5. The summed E-state index contributed by atoms with van der Waals surface area (Å²) in [7, 11) is 0. The van der Waals surface area contributed by atoms with Crippen LogP contribution < -0.4 is 5.32 Å². The molecule has 0 aliphatic rings. The van der Waals surface area contributed by atoms with Gasteiger partial charge in [0.1, 0.15) is 11.9 Å². The van der Waals surface area contributed by atoms with Crippen molar-refractivity contribution in [2.75, 3.05) is 12.3 Å². The van der Waals surface area contributed by atoms with Crippen molar-refractivity contribution >= 4 is 46.8 Å². The third-order valence-electron chi connectivity index (χ3n) is 4.87. The van der Waals surface area contributed by atoms with E-state index in [9.17, 15) is 14.0 Å². The smallest absolute Gasteiger partial charge is 0.242 e. The second-order valence-electron chi connectivity index (χ2n) is 7.90. The minimum absolute atomic E-state index is 0.103. The van der Waals surface area contributed by atoms with Crippen molar-refractivity contribution in [3.05, 3.63) is 69.5 Å². The number of amides is 2. The molecule has 0 aliphatic carbocycles. The van der Waals surface area contributed by atoms with Crippen molar-refractivity contribution in [1.29, 1.82) is 0 Å². The van der Waals surface area contributed by atoms with Gasteiger partial charge >= 0.3 is 0 Å². The van der Waals surface area contributed by atoms with Crippen LogP contribution in [-0.2, 0) is 21.9 Å². The van der Waals surface area contributed by atoms with Crippen LogP contribution in [0.3, 0.4) is 0 Å². The number of hydrogen-bond acceptors (Lipinski definition) is 3. The maximum atomic E-state index is 14.0. The van der Waals surface area contributed by atoms with Crippen LogP contribution in [0.4, 0.5) is 4.39 Å². The molecule has 4 nitrogen and oxygen atoms in total. The molecule has 1 N–H and O–H groups in total. The Morgan fingerprint density at radius 1 is 1.12 bits per heavy atom. The monoisotopic (exact) mass is 498 g/mol. The van der Waals surface area contributed by atoms with E-state index in [1.807, 2.05) is 32.9 Å². The van der Waals surface area contributed by atoms with Gasteiger partial charge in [-0.3, -0.25) is 9.59 Å². The van der Waals surface area contributed by atoms with Gasteiger partial charge in [-0.05, 0) is 42.2 Å². The molecule has 1 atom stereocenters. The Bertz CT molecular complexity index is 889. The van der Waals surface area contributed by atoms with E-state index in [-0.39, 0.29) is 29.9 Å². The molecule has 0 saturated carbocycles. The molecule has 0 aromatic heterocycles. The van der Waals surface area contributed by atoms with Crippen molar-refractivity contribution in [1.82, 2.24) is 10.2 Å². The quantitative estimate of drug-likeness (QED) is 0.416. The molecule has 0 unspecified atom stereocenters. The summed E-state index contributed by atoms with van der Waals surface area (Å²) in [6.45, 7) is 6.74. The number of thioether (sulfide) groups is 1. The first-order chi connectivity index (χ1) is 15.2. The van der Waals surface area contributed by atoms with Crippen LogP contribution in [0.5, 0.6) is 0 Å². The Balaban J connectivity index is 2.15. The molecule has 2 rings (SSSR count). The maximum Gasteiger partial charge on any atom is 0.242 e. The molecule has 2 aromatic carbocycles. The molecular formula is C24H29Cl2FN2O2S. The molecule has 0 spiro atoms. The van der Waals surface area contributed by atoms with Crippen LogP contribution >= 0.6 is 35.0 Å². The van der Waals surface area contributed by atoms with Gasteiger partial charge in [-0.2, -0.15) is 0 Å². The first-order valence-corrected chi connectivity index (χ1v) is 12.5. The second-order valence-corrected chi connectivity index (χ2v) is 9.73. The van der Waals surface area contributed by atoms with E-state index in [1.54, 1.807) is 29.2 Å². The fraction of sp³-hybridized carbons (Fsp3) is 0.417. The first kappa shape index (κ1) is 26.5. The Morgan fingerprint density at radius 3 is 2.41 bits per heavy atom. The SMILES string of the molecule is CC[C@H](C(=O)NCC(C)C)N(Cc1ccc(Cl)cc1)C(=O)CSCc1c(F)cccc1Cl. The average Bonchev–Trinajstić information content (AvgIpc) is 2.75. The summed E-state index contributed by atoms with van der Waals surface area (Å²) in [6.07, 6.45) is 0.479. The third-order valence-corrected chi connectivity index (χ3v) is 6.42. The predicted molar refractivity (Wildman–Crippen MR) is 132 cm³/mol. The molecule has 0 heterocycles. The van der Waals surface area contributed by atoms with Gasteiger partial charge in [0.25, 0.3) is 0 Å². The van der Waals surface area contributed by atoms with Crippen molar-refractivity contribution in [2.45, 2.75) is 45.5 Å². The van der Waals surface area contributed by atoms with Gasteiger partial charge in [0.2, 0.25) is 11.8 Å². The number of carbonyl (C=O) groups is 2. The van der Waals surface area contributed by atoms with Crippen LogP contribution in [0.25, 0.3) is 0 Å². The summed E-state index contributed by atoms with van der Waals surface area (Å²) in [5.41, 5.74) is 1.25. The van der Waals surface area contributed by atoms with Gasteiger partial charge in [0, 0.05) is 34.5 Å². The van der Waals surface area contributed by atoms with Gasteiger partial charge in [0.05, 0.1) is 5.75 Å². The molecule has 2 amide bonds. The van der Waals surface area contributed by atoms with E-state index < -0.39 is 11.9 Å². The van der Waals surface area contributed by atoms with Crippen LogP contribution in [0.15, 0.2) is 42.5 Å². The summed E-state index contributed by atoms with van der Waals surface area (Å²) in [5.74, 6) is -0.0864. The number of carbonyl (C=O) groups excluding carboxylic acids is 2. The van der Waals surface area contributed by atoms with E-state index in [1.165, 1.54) is 17.8 Å². The summed E-state index contributed by atoms with van der Waals surface area (Å²) >= 11 is 13.3. The minimum atomic E-state index is -0.602. The fourth-order valence-corrected chi connectivity index (χ4v) is 4.50. The normalized spacial score (nSPS) is 12.0. The molecular weight excluding hydrogens is 470 g/mol. The zero-order chi connectivity index (χ0) is 23.7. The summed E-state index contributed by atoms with van der Waals surface area (Å²) < 4.78 is 14.0. The topological polar surface area (TPSA) is 49.4 Å². The zero-order valence-corrected chi connectivity index (χ0v) is 20.9. The molecule has 0 saturated heterocycles. The van der Waals surface area contributed by atoms with E-state index in [4.69, 9.17) is 23.2 Å². The highest BCUT2D eigenvalue weighted by Gasteiger charge is 2.28. The minimum Gasteiger partial charge on any atom is -0.354 e. The van der Waals surface area contributed by atoms with Gasteiger partial charge < -0.3 is 10.2 Å². The fourth-order valence-electron chi connectivity index (χ4n) is 3.12. The van der Waals surface area contributed by atoms with Crippen LogP contribution in [0.1, 0.15) is 38.3 Å². The van der Waals surface area contributed by atoms with Crippen LogP contribution in [0, 0.1) is 11.7 Å². The van der Waals surface area contributed by atoms with Gasteiger partial charge in [0.15, 0.2) is 0 Å². The Labute approximate surface area is 203 Å². The van der Waals surface area contributed by atoms with Gasteiger partial charge in [-0.25, -0.2) is 4.39 Å². The van der Waals surface area contributed by atoms with Gasteiger partial charge in [-0.1, -0.05) is 62.2 Å². The van der Waals surface area contributed by atoms with Crippen molar-refractivity contribution in [3.63, 3.8) is 0 Å². The van der Waals surface area contributed by atoms with Gasteiger partial charge in [-0.15, -0.1) is 11.8 Å². The number of halogens is 3. The van der Waals surface area contributed by atoms with Crippen LogP contribution in [-0.4, -0.2) is 35.1 Å². The molecule has 0 fully saturated rings. The molecule has 0 aliphatic heterocycles. The Hall–Kier alpha value is -1.76. The summed E-state index contributed by atoms with van der Waals surface area (Å²) in [5, 5.41) is 3.87. The number of rotatable bonds is 11. The van der Waals surface area contributed by atoms with E-state index in [0.717, 1.165) is 5.56 Å². The highest BCUT2D eigenvalue weighted by Crippen LogP contribution is 2.25. The summed E-state index contributed by atoms with van der Waals surface area (Å²) in [6, 6.07) is 11.1. The molecule has 0 radical (unpaired) electrons. The predicted octanol–water partition coefficient (Wildman–Crippen LogP) is 5.95. The molecule has 32 heavy (non-hydrogen) atoms. The lowest BCUT2D eigenvalue weighted by Crippen LogP contribution is -2.50.